The fourth-order valence-electron chi connectivity index (χ4n) is 1.99. The van der Waals surface area contributed by atoms with Gasteiger partial charge in [-0.2, -0.15) is 5.10 Å². The molecule has 0 radical (unpaired) electrons. The average Bonchev–Trinajstić information content (AvgIpc) is 2.54. The van der Waals surface area contributed by atoms with Crippen LogP contribution >= 0.6 is 0 Å². The number of fused-ring (bicyclic) bond motifs is 1. The Morgan fingerprint density at radius 2 is 2.19 bits per heavy atom. The number of hydrogen-bond acceptors (Lipinski definition) is 4. The number of aryl methyl sites for hydroxylation is 2. The zero-order chi connectivity index (χ0) is 11.1. The fraction of sp³-hybridized carbons (Fsp3) is 0.545. The van der Waals surface area contributed by atoms with Crippen molar-refractivity contribution in [3.8, 4) is 0 Å². The van der Waals surface area contributed by atoms with Crippen molar-refractivity contribution in [1.82, 2.24) is 19.7 Å². The van der Waals surface area contributed by atoms with E-state index in [1.807, 2.05) is 20.2 Å². The molecular weight excluding hydrogens is 202 g/mol. The maximum atomic E-state index is 4.46. The normalized spacial score (nSPS) is 16.4. The van der Waals surface area contributed by atoms with E-state index in [9.17, 15) is 0 Å². The zero-order valence-electron chi connectivity index (χ0n) is 9.56. The van der Waals surface area contributed by atoms with E-state index >= 15 is 0 Å². The summed E-state index contributed by atoms with van der Waals surface area (Å²) in [7, 11) is 1.90. The highest BCUT2D eigenvalue weighted by atomic mass is 15.3. The monoisotopic (exact) mass is 217 g/mol. The number of rotatable bonds is 2. The summed E-state index contributed by atoms with van der Waals surface area (Å²) < 4.78 is 1.79. The van der Waals surface area contributed by atoms with Crippen LogP contribution in [0.2, 0.25) is 0 Å². The van der Waals surface area contributed by atoms with Gasteiger partial charge < -0.3 is 5.32 Å². The number of aromatic nitrogens is 4. The van der Waals surface area contributed by atoms with Crippen molar-refractivity contribution in [3.05, 3.63) is 12.0 Å². The Hall–Kier alpha value is -1.65. The first-order valence-electron chi connectivity index (χ1n) is 5.67. The lowest BCUT2D eigenvalue weighted by atomic mass is 9.93. The molecule has 3 rings (SSSR count). The number of anilines is 1. The van der Waals surface area contributed by atoms with Crippen LogP contribution in [-0.2, 0) is 7.05 Å². The summed E-state index contributed by atoms with van der Waals surface area (Å²) in [6, 6.07) is 0.581. The van der Waals surface area contributed by atoms with Gasteiger partial charge in [-0.15, -0.1) is 0 Å². The lowest BCUT2D eigenvalue weighted by Gasteiger charge is -2.27. The summed E-state index contributed by atoms with van der Waals surface area (Å²) in [5.74, 6) is 1.72. The van der Waals surface area contributed by atoms with E-state index in [1.54, 1.807) is 4.68 Å². The molecule has 2 heterocycles. The lowest BCUT2D eigenvalue weighted by molar-refractivity contribution is 0.444. The minimum atomic E-state index is 0.581. The SMILES string of the molecule is Cc1nc(NC2CCC2)c2cnn(C)c2n1. The Bertz CT molecular complexity index is 526. The van der Waals surface area contributed by atoms with Crippen molar-refractivity contribution in [3.63, 3.8) is 0 Å². The van der Waals surface area contributed by atoms with Crippen molar-refractivity contribution in [1.29, 1.82) is 0 Å². The van der Waals surface area contributed by atoms with Gasteiger partial charge in [-0.05, 0) is 26.2 Å². The molecule has 2 aromatic heterocycles. The Balaban J connectivity index is 2.07. The van der Waals surface area contributed by atoms with Crippen molar-refractivity contribution < 1.29 is 0 Å². The predicted molar refractivity (Wildman–Crippen MR) is 62.3 cm³/mol. The molecule has 0 atom stereocenters. The third-order valence-corrected chi connectivity index (χ3v) is 3.15. The Labute approximate surface area is 93.9 Å². The molecule has 1 saturated carbocycles. The molecule has 0 unspecified atom stereocenters. The van der Waals surface area contributed by atoms with Crippen molar-refractivity contribution >= 4 is 16.9 Å². The second-order valence-electron chi connectivity index (χ2n) is 4.40. The van der Waals surface area contributed by atoms with Crippen LogP contribution in [-0.4, -0.2) is 25.8 Å². The van der Waals surface area contributed by atoms with Gasteiger partial charge in [0.25, 0.3) is 0 Å². The minimum Gasteiger partial charge on any atom is -0.367 e. The van der Waals surface area contributed by atoms with Crippen molar-refractivity contribution in [2.75, 3.05) is 5.32 Å². The van der Waals surface area contributed by atoms with Gasteiger partial charge in [0.1, 0.15) is 11.6 Å². The molecule has 2 aromatic rings. The molecule has 16 heavy (non-hydrogen) atoms. The average molecular weight is 217 g/mol. The summed E-state index contributed by atoms with van der Waals surface area (Å²) in [5, 5.41) is 8.71. The highest BCUT2D eigenvalue weighted by Gasteiger charge is 2.19. The van der Waals surface area contributed by atoms with Gasteiger partial charge in [0.05, 0.1) is 11.6 Å². The van der Waals surface area contributed by atoms with E-state index in [0.29, 0.717) is 6.04 Å². The molecule has 1 aliphatic carbocycles. The van der Waals surface area contributed by atoms with E-state index < -0.39 is 0 Å². The first-order chi connectivity index (χ1) is 7.74. The van der Waals surface area contributed by atoms with E-state index in [0.717, 1.165) is 22.7 Å². The summed E-state index contributed by atoms with van der Waals surface area (Å²) in [5.41, 5.74) is 0.898. The molecule has 1 fully saturated rings. The predicted octanol–water partition coefficient (Wildman–Crippen LogP) is 1.64. The summed E-state index contributed by atoms with van der Waals surface area (Å²) >= 11 is 0. The molecule has 84 valence electrons. The summed E-state index contributed by atoms with van der Waals surface area (Å²) in [6.07, 6.45) is 5.63. The van der Waals surface area contributed by atoms with Gasteiger partial charge in [-0.25, -0.2) is 9.97 Å². The smallest absolute Gasteiger partial charge is 0.163 e. The lowest BCUT2D eigenvalue weighted by Crippen LogP contribution is -2.27. The number of nitrogens with one attached hydrogen (secondary N) is 1. The van der Waals surface area contributed by atoms with Crippen LogP contribution in [0.3, 0.4) is 0 Å². The third-order valence-electron chi connectivity index (χ3n) is 3.15. The van der Waals surface area contributed by atoms with E-state index in [2.05, 4.69) is 20.4 Å². The van der Waals surface area contributed by atoms with E-state index in [1.165, 1.54) is 19.3 Å². The summed E-state index contributed by atoms with van der Waals surface area (Å²) in [4.78, 5) is 8.86. The number of nitrogens with zero attached hydrogens (tertiary/aromatic N) is 4. The molecule has 5 heteroatoms. The first-order valence-corrected chi connectivity index (χ1v) is 5.67. The highest BCUT2D eigenvalue weighted by molar-refractivity contribution is 5.86. The summed E-state index contributed by atoms with van der Waals surface area (Å²) in [6.45, 7) is 1.92. The molecule has 0 aromatic carbocycles. The van der Waals surface area contributed by atoms with Crippen LogP contribution in [0.25, 0.3) is 11.0 Å². The van der Waals surface area contributed by atoms with Crippen LogP contribution in [0, 0.1) is 6.92 Å². The van der Waals surface area contributed by atoms with Crippen molar-refractivity contribution in [2.24, 2.45) is 7.05 Å². The van der Waals surface area contributed by atoms with Gasteiger partial charge in [0.15, 0.2) is 5.65 Å². The molecule has 1 aliphatic rings. The van der Waals surface area contributed by atoms with Gasteiger partial charge in [0.2, 0.25) is 0 Å². The van der Waals surface area contributed by atoms with Crippen LogP contribution in [0.15, 0.2) is 6.20 Å². The molecule has 0 bridgehead atoms. The van der Waals surface area contributed by atoms with E-state index in [-0.39, 0.29) is 0 Å². The second kappa shape index (κ2) is 3.43. The maximum absolute atomic E-state index is 4.46. The first kappa shape index (κ1) is 9.57. The number of hydrogen-bond donors (Lipinski definition) is 1. The standard InChI is InChI=1S/C11H15N5/c1-7-13-10(15-8-4-3-5-8)9-6-12-16(2)11(9)14-7/h6,8H,3-5H2,1-2H3,(H,13,14,15). The van der Waals surface area contributed by atoms with Gasteiger partial charge in [-0.1, -0.05) is 0 Å². The molecule has 0 saturated heterocycles. The zero-order valence-corrected chi connectivity index (χ0v) is 9.56. The fourth-order valence-corrected chi connectivity index (χ4v) is 1.99. The quantitative estimate of drug-likeness (QED) is 0.830. The molecule has 1 N–H and O–H groups in total. The van der Waals surface area contributed by atoms with Crippen LogP contribution in [0.4, 0.5) is 5.82 Å². The molecule has 5 nitrogen and oxygen atoms in total. The molecule has 0 aliphatic heterocycles. The Morgan fingerprint density at radius 3 is 2.88 bits per heavy atom. The van der Waals surface area contributed by atoms with Crippen LogP contribution in [0.5, 0.6) is 0 Å². The topological polar surface area (TPSA) is 55.6 Å². The second-order valence-corrected chi connectivity index (χ2v) is 4.40. The maximum Gasteiger partial charge on any atom is 0.163 e. The minimum absolute atomic E-state index is 0.581. The van der Waals surface area contributed by atoms with Gasteiger partial charge >= 0.3 is 0 Å². The molecular formula is C11H15N5. The third kappa shape index (κ3) is 1.43. The Morgan fingerprint density at radius 1 is 1.38 bits per heavy atom. The van der Waals surface area contributed by atoms with Crippen LogP contribution < -0.4 is 5.32 Å². The molecule has 0 amide bonds. The largest absolute Gasteiger partial charge is 0.367 e. The van der Waals surface area contributed by atoms with Crippen LogP contribution in [0.1, 0.15) is 25.1 Å². The van der Waals surface area contributed by atoms with Gasteiger partial charge in [0, 0.05) is 13.1 Å². The highest BCUT2D eigenvalue weighted by Crippen LogP contribution is 2.26. The van der Waals surface area contributed by atoms with Gasteiger partial charge in [-0.3, -0.25) is 4.68 Å². The Kier molecular flexibility index (Phi) is 2.05. The van der Waals surface area contributed by atoms with E-state index in [4.69, 9.17) is 0 Å². The molecule has 0 spiro atoms. The van der Waals surface area contributed by atoms with Crippen molar-refractivity contribution in [2.45, 2.75) is 32.2 Å².